The van der Waals surface area contributed by atoms with Crippen molar-refractivity contribution >= 4 is 0 Å². The van der Waals surface area contributed by atoms with Crippen molar-refractivity contribution in [1.29, 1.82) is 0 Å². The zero-order valence-electron chi connectivity index (χ0n) is 8.44. The lowest BCUT2D eigenvalue weighted by molar-refractivity contribution is 0.520. The molecule has 1 aliphatic carbocycles. The van der Waals surface area contributed by atoms with Crippen LogP contribution in [0.4, 0.5) is 0 Å². The van der Waals surface area contributed by atoms with Gasteiger partial charge in [-0.05, 0) is 23.2 Å². The summed E-state index contributed by atoms with van der Waals surface area (Å²) in [6.07, 6.45) is 0. The van der Waals surface area contributed by atoms with E-state index in [1.54, 1.807) is 0 Å². The molecule has 0 aromatic rings. The Morgan fingerprint density at radius 3 is 1.73 bits per heavy atom. The smallest absolute Gasteiger partial charge is 0.00596 e. The van der Waals surface area contributed by atoms with Gasteiger partial charge in [-0.25, -0.2) is 0 Å². The molecule has 1 saturated carbocycles. The van der Waals surface area contributed by atoms with Crippen LogP contribution >= 0.6 is 0 Å². The average Bonchev–Trinajstić information content (AvgIpc) is 2.41. The Hall–Kier alpha value is -0.260. The van der Waals surface area contributed by atoms with Crippen molar-refractivity contribution in [2.24, 2.45) is 23.2 Å². The van der Waals surface area contributed by atoms with E-state index in [9.17, 15) is 0 Å². The van der Waals surface area contributed by atoms with E-state index in [2.05, 4.69) is 41.2 Å². The van der Waals surface area contributed by atoms with Gasteiger partial charge in [-0.2, -0.15) is 0 Å². The summed E-state index contributed by atoms with van der Waals surface area (Å²) in [6.45, 7) is 15.7. The molecule has 0 heteroatoms. The lowest BCUT2D eigenvalue weighted by Gasteiger charge is -2.18. The van der Waals surface area contributed by atoms with Crippen LogP contribution in [-0.4, -0.2) is 0 Å². The van der Waals surface area contributed by atoms with E-state index in [0.717, 1.165) is 11.8 Å². The molecule has 11 heavy (non-hydrogen) atoms. The van der Waals surface area contributed by atoms with Crippen LogP contribution in [-0.2, 0) is 0 Å². The largest absolute Gasteiger partial charge is 0.0990 e. The van der Waals surface area contributed by atoms with Gasteiger partial charge in [-0.3, -0.25) is 0 Å². The SMILES string of the molecule is C=C(C(C)C)C1(C)C(C)C1C. The van der Waals surface area contributed by atoms with Gasteiger partial charge < -0.3 is 0 Å². The number of hydrogen-bond donors (Lipinski definition) is 0. The normalized spacial score (nSPS) is 42.7. The second kappa shape index (κ2) is 2.36. The van der Waals surface area contributed by atoms with Gasteiger partial charge in [0.25, 0.3) is 0 Å². The summed E-state index contributed by atoms with van der Waals surface area (Å²) >= 11 is 0. The average molecular weight is 152 g/mol. The van der Waals surface area contributed by atoms with E-state index in [4.69, 9.17) is 0 Å². The van der Waals surface area contributed by atoms with E-state index in [1.165, 1.54) is 5.57 Å². The molecule has 0 saturated heterocycles. The van der Waals surface area contributed by atoms with E-state index < -0.39 is 0 Å². The van der Waals surface area contributed by atoms with Gasteiger partial charge in [0, 0.05) is 0 Å². The van der Waals surface area contributed by atoms with E-state index >= 15 is 0 Å². The molecular formula is C11H20. The first kappa shape index (κ1) is 8.83. The molecule has 64 valence electrons. The molecule has 0 aromatic carbocycles. The van der Waals surface area contributed by atoms with Crippen LogP contribution in [0.15, 0.2) is 12.2 Å². The van der Waals surface area contributed by atoms with Gasteiger partial charge in [-0.15, -0.1) is 0 Å². The Kier molecular flexibility index (Phi) is 1.90. The lowest BCUT2D eigenvalue weighted by atomic mass is 9.87. The fourth-order valence-electron chi connectivity index (χ4n) is 2.19. The quantitative estimate of drug-likeness (QED) is 0.531. The maximum absolute atomic E-state index is 4.19. The van der Waals surface area contributed by atoms with Gasteiger partial charge in [0.15, 0.2) is 0 Å². The van der Waals surface area contributed by atoms with Crippen LogP contribution in [0.25, 0.3) is 0 Å². The summed E-state index contributed by atoms with van der Waals surface area (Å²) in [4.78, 5) is 0. The van der Waals surface area contributed by atoms with Crippen LogP contribution in [0.1, 0.15) is 34.6 Å². The first-order valence-corrected chi connectivity index (χ1v) is 4.61. The Morgan fingerprint density at radius 2 is 1.64 bits per heavy atom. The second-order valence-electron chi connectivity index (χ2n) is 4.54. The van der Waals surface area contributed by atoms with Crippen molar-refractivity contribution in [3.8, 4) is 0 Å². The lowest BCUT2D eigenvalue weighted by Crippen LogP contribution is -2.08. The number of rotatable bonds is 2. The maximum atomic E-state index is 4.19. The fourth-order valence-corrected chi connectivity index (χ4v) is 2.19. The molecule has 0 amide bonds. The Morgan fingerprint density at radius 1 is 1.27 bits per heavy atom. The van der Waals surface area contributed by atoms with Gasteiger partial charge in [-0.1, -0.05) is 46.8 Å². The van der Waals surface area contributed by atoms with Crippen LogP contribution in [0.2, 0.25) is 0 Å². The highest BCUT2D eigenvalue weighted by Gasteiger charge is 2.56. The van der Waals surface area contributed by atoms with Crippen molar-refractivity contribution in [2.45, 2.75) is 34.6 Å². The second-order valence-corrected chi connectivity index (χ2v) is 4.54. The third kappa shape index (κ3) is 1.04. The minimum absolute atomic E-state index is 0.453. The summed E-state index contributed by atoms with van der Waals surface area (Å²) in [5.74, 6) is 2.34. The van der Waals surface area contributed by atoms with Gasteiger partial charge in [0.05, 0.1) is 0 Å². The van der Waals surface area contributed by atoms with Crippen LogP contribution in [0.3, 0.4) is 0 Å². The van der Waals surface area contributed by atoms with Gasteiger partial charge >= 0.3 is 0 Å². The highest BCUT2D eigenvalue weighted by atomic mass is 14.6. The molecule has 0 aromatic heterocycles. The molecule has 0 bridgehead atoms. The summed E-state index contributed by atoms with van der Waals surface area (Å²) in [6, 6.07) is 0. The summed E-state index contributed by atoms with van der Waals surface area (Å²) in [7, 11) is 0. The third-order valence-corrected chi connectivity index (χ3v) is 3.92. The highest BCUT2D eigenvalue weighted by Crippen LogP contribution is 2.63. The Labute approximate surface area is 70.7 Å². The molecule has 1 rings (SSSR count). The van der Waals surface area contributed by atoms with Crippen molar-refractivity contribution in [3.63, 3.8) is 0 Å². The van der Waals surface area contributed by atoms with E-state index in [-0.39, 0.29) is 0 Å². The standard InChI is InChI=1S/C11H20/c1-7(2)8(3)11(6)9(4)10(11)5/h7,9-10H,3H2,1-2,4-6H3. The molecule has 0 radical (unpaired) electrons. The minimum Gasteiger partial charge on any atom is -0.0990 e. The third-order valence-electron chi connectivity index (χ3n) is 3.92. The molecule has 0 N–H and O–H groups in total. The molecule has 2 unspecified atom stereocenters. The maximum Gasteiger partial charge on any atom is -0.00596 e. The number of allylic oxidation sites excluding steroid dienone is 1. The fraction of sp³-hybridized carbons (Fsp3) is 0.818. The van der Waals surface area contributed by atoms with Crippen LogP contribution in [0.5, 0.6) is 0 Å². The minimum atomic E-state index is 0.453. The molecule has 1 fully saturated rings. The van der Waals surface area contributed by atoms with Gasteiger partial charge in [0.1, 0.15) is 0 Å². The van der Waals surface area contributed by atoms with E-state index in [1.807, 2.05) is 0 Å². The van der Waals surface area contributed by atoms with Crippen molar-refractivity contribution in [2.75, 3.05) is 0 Å². The Balaban J connectivity index is 2.70. The highest BCUT2D eigenvalue weighted by molar-refractivity contribution is 5.24. The van der Waals surface area contributed by atoms with Crippen LogP contribution in [0, 0.1) is 23.2 Å². The summed E-state index contributed by atoms with van der Waals surface area (Å²) in [5.41, 5.74) is 1.89. The van der Waals surface area contributed by atoms with Crippen molar-refractivity contribution in [1.82, 2.24) is 0 Å². The zero-order chi connectivity index (χ0) is 8.81. The van der Waals surface area contributed by atoms with Gasteiger partial charge in [0.2, 0.25) is 0 Å². The molecule has 2 atom stereocenters. The zero-order valence-corrected chi connectivity index (χ0v) is 8.44. The van der Waals surface area contributed by atoms with E-state index in [0.29, 0.717) is 11.3 Å². The Bertz CT molecular complexity index is 168. The first-order chi connectivity index (χ1) is 4.92. The molecule has 0 nitrogen and oxygen atoms in total. The number of hydrogen-bond acceptors (Lipinski definition) is 0. The topological polar surface area (TPSA) is 0 Å². The predicted molar refractivity (Wildman–Crippen MR) is 50.4 cm³/mol. The molecule has 1 aliphatic rings. The molecule has 0 aliphatic heterocycles. The van der Waals surface area contributed by atoms with Crippen LogP contribution < -0.4 is 0 Å². The predicted octanol–water partition coefficient (Wildman–Crippen LogP) is 3.49. The van der Waals surface area contributed by atoms with Crippen molar-refractivity contribution in [3.05, 3.63) is 12.2 Å². The monoisotopic (exact) mass is 152 g/mol. The molecular weight excluding hydrogens is 132 g/mol. The van der Waals surface area contributed by atoms with Crippen molar-refractivity contribution < 1.29 is 0 Å². The molecule has 0 heterocycles. The summed E-state index contributed by atoms with van der Waals surface area (Å²) < 4.78 is 0. The molecule has 0 spiro atoms. The summed E-state index contributed by atoms with van der Waals surface area (Å²) in [5, 5.41) is 0. The first-order valence-electron chi connectivity index (χ1n) is 4.61.